The first kappa shape index (κ1) is 12.2. The predicted octanol–water partition coefficient (Wildman–Crippen LogP) is 1.56. The van der Waals surface area contributed by atoms with E-state index in [4.69, 9.17) is 15.4 Å². The summed E-state index contributed by atoms with van der Waals surface area (Å²) in [4.78, 5) is 11.1. The Balaban J connectivity index is 2.78. The molecule has 0 unspecified atom stereocenters. The molecule has 7 heteroatoms. The van der Waals surface area contributed by atoms with Crippen molar-refractivity contribution in [2.24, 2.45) is 0 Å². The molecular weight excluding hydrogens is 266 g/mol. The summed E-state index contributed by atoms with van der Waals surface area (Å²) in [5, 5.41) is 2.55. The summed E-state index contributed by atoms with van der Waals surface area (Å²) < 4.78 is 28.2. The van der Waals surface area contributed by atoms with E-state index in [0.29, 0.717) is 16.8 Å². The molecule has 1 aliphatic rings. The number of nitrogens with one attached hydrogen (secondary N) is 1. The van der Waals surface area contributed by atoms with E-state index in [1.807, 2.05) is 0 Å². The smallest absolute Gasteiger partial charge is 0.265 e. The fraction of sp³-hybridized carbons (Fsp3) is 0.300. The number of aryl methyl sites for hydroxylation is 1. The fourth-order valence-corrected chi connectivity index (χ4v) is 3.19. The summed E-state index contributed by atoms with van der Waals surface area (Å²) in [5.74, 6) is -0.207. The number of hydrogen-bond acceptors (Lipinski definition) is 4. The van der Waals surface area contributed by atoms with Crippen LogP contribution >= 0.6 is 10.7 Å². The van der Waals surface area contributed by atoms with Gasteiger partial charge in [-0.2, -0.15) is 0 Å². The van der Waals surface area contributed by atoms with Crippen molar-refractivity contribution in [2.75, 3.05) is 11.9 Å². The molecule has 0 saturated carbocycles. The second kappa shape index (κ2) is 3.89. The van der Waals surface area contributed by atoms with E-state index in [0.717, 1.165) is 0 Å². The summed E-state index contributed by atoms with van der Waals surface area (Å²) in [6.45, 7) is 3.17. The molecule has 92 valence electrons. The summed E-state index contributed by atoms with van der Waals surface area (Å²) in [6.07, 6.45) is 0. The Morgan fingerprint density at radius 2 is 2.06 bits per heavy atom. The van der Waals surface area contributed by atoms with Gasteiger partial charge in [-0.1, -0.05) is 0 Å². The van der Waals surface area contributed by atoms with Gasteiger partial charge in [0.05, 0.1) is 5.69 Å². The number of anilines is 1. The number of rotatable bonds is 1. The van der Waals surface area contributed by atoms with Crippen LogP contribution < -0.4 is 10.1 Å². The van der Waals surface area contributed by atoms with Gasteiger partial charge in [0.2, 0.25) is 0 Å². The van der Waals surface area contributed by atoms with Gasteiger partial charge in [0.1, 0.15) is 4.90 Å². The Bertz CT molecular complexity index is 609. The second-order valence-corrected chi connectivity index (χ2v) is 6.30. The lowest BCUT2D eigenvalue weighted by Crippen LogP contribution is -2.26. The van der Waals surface area contributed by atoms with Gasteiger partial charge in [-0.05, 0) is 31.0 Å². The number of hydrogen-bond donors (Lipinski definition) is 1. The Morgan fingerprint density at radius 1 is 1.41 bits per heavy atom. The van der Waals surface area contributed by atoms with Gasteiger partial charge in [0.25, 0.3) is 15.0 Å². The number of fused-ring (bicyclic) bond motifs is 1. The van der Waals surface area contributed by atoms with Crippen molar-refractivity contribution in [3.05, 3.63) is 17.2 Å². The molecule has 1 aromatic carbocycles. The number of benzene rings is 1. The van der Waals surface area contributed by atoms with Crippen molar-refractivity contribution in [3.8, 4) is 5.75 Å². The fourth-order valence-electron chi connectivity index (χ4n) is 1.72. The molecule has 0 aliphatic carbocycles. The summed E-state index contributed by atoms with van der Waals surface area (Å²) in [7, 11) is 1.47. The van der Waals surface area contributed by atoms with Gasteiger partial charge in [0, 0.05) is 10.7 Å². The van der Waals surface area contributed by atoms with Crippen LogP contribution in [-0.2, 0) is 13.8 Å². The van der Waals surface area contributed by atoms with E-state index >= 15 is 0 Å². The maximum absolute atomic E-state index is 11.5. The average Bonchev–Trinajstić information content (AvgIpc) is 2.18. The van der Waals surface area contributed by atoms with Crippen LogP contribution in [0.4, 0.5) is 5.69 Å². The van der Waals surface area contributed by atoms with Gasteiger partial charge in [-0.25, -0.2) is 8.42 Å². The van der Waals surface area contributed by atoms with E-state index < -0.39 is 9.05 Å². The molecule has 1 heterocycles. The number of ether oxygens (including phenoxy) is 1. The van der Waals surface area contributed by atoms with Crippen molar-refractivity contribution in [2.45, 2.75) is 18.7 Å². The van der Waals surface area contributed by atoms with Crippen LogP contribution in [0.1, 0.15) is 11.1 Å². The molecule has 5 nitrogen and oxygen atoms in total. The molecule has 0 spiro atoms. The highest BCUT2D eigenvalue weighted by Gasteiger charge is 2.28. The highest BCUT2D eigenvalue weighted by molar-refractivity contribution is 8.13. The minimum Gasteiger partial charge on any atom is -0.480 e. The van der Waals surface area contributed by atoms with Crippen molar-refractivity contribution < 1.29 is 17.9 Å². The molecule has 0 radical (unpaired) electrons. The van der Waals surface area contributed by atoms with Crippen LogP contribution in [0.25, 0.3) is 0 Å². The number of amides is 1. The first-order valence-electron chi connectivity index (χ1n) is 4.82. The zero-order chi connectivity index (χ0) is 12.8. The summed E-state index contributed by atoms with van der Waals surface area (Å²) >= 11 is 0. The topological polar surface area (TPSA) is 72.5 Å². The average molecular weight is 276 g/mol. The summed E-state index contributed by atoms with van der Waals surface area (Å²) in [5.41, 5.74) is 1.58. The Labute approximate surface area is 103 Å². The maximum Gasteiger partial charge on any atom is 0.265 e. The van der Waals surface area contributed by atoms with Crippen LogP contribution in [-0.4, -0.2) is 20.9 Å². The molecule has 0 bridgehead atoms. The van der Waals surface area contributed by atoms with Gasteiger partial charge < -0.3 is 10.1 Å². The van der Waals surface area contributed by atoms with E-state index in [2.05, 4.69) is 5.32 Å². The lowest BCUT2D eigenvalue weighted by atomic mass is 10.1. The van der Waals surface area contributed by atoms with Crippen molar-refractivity contribution in [1.29, 1.82) is 0 Å². The second-order valence-electron chi connectivity index (χ2n) is 3.80. The normalized spacial score (nSPS) is 14.9. The molecule has 1 N–H and O–H groups in total. The third-order valence-corrected chi connectivity index (χ3v) is 4.05. The van der Waals surface area contributed by atoms with Crippen LogP contribution in [0.5, 0.6) is 5.75 Å². The van der Waals surface area contributed by atoms with Crippen LogP contribution in [0.3, 0.4) is 0 Å². The largest absolute Gasteiger partial charge is 0.480 e. The molecule has 0 fully saturated rings. The first-order chi connectivity index (χ1) is 7.80. The minimum atomic E-state index is -3.92. The highest BCUT2D eigenvalue weighted by atomic mass is 35.7. The van der Waals surface area contributed by atoms with Crippen LogP contribution in [0, 0.1) is 13.8 Å². The van der Waals surface area contributed by atoms with Crippen molar-refractivity contribution >= 4 is 31.3 Å². The van der Waals surface area contributed by atoms with E-state index in [9.17, 15) is 13.2 Å². The molecule has 0 saturated heterocycles. The molecular formula is C10H10ClNO4S. The summed E-state index contributed by atoms with van der Waals surface area (Å²) in [6, 6.07) is 1.66. The van der Waals surface area contributed by atoms with Crippen molar-refractivity contribution in [3.63, 3.8) is 0 Å². The quantitative estimate of drug-likeness (QED) is 0.790. The molecule has 1 aromatic rings. The van der Waals surface area contributed by atoms with Gasteiger partial charge in [-0.15, -0.1) is 0 Å². The monoisotopic (exact) mass is 275 g/mol. The number of halogens is 1. The standard InChI is InChI=1S/C10H10ClNO4S/c1-5-3-7-9(16-4-8(13)12-7)10(6(5)2)17(11,14)15/h3H,4H2,1-2H3,(H,12,13). The first-order valence-corrected chi connectivity index (χ1v) is 7.13. The highest BCUT2D eigenvalue weighted by Crippen LogP contribution is 2.40. The Morgan fingerprint density at radius 3 is 2.65 bits per heavy atom. The predicted molar refractivity (Wildman–Crippen MR) is 63.1 cm³/mol. The molecule has 0 atom stereocenters. The van der Waals surface area contributed by atoms with E-state index in [1.165, 1.54) is 0 Å². The maximum atomic E-state index is 11.5. The zero-order valence-corrected chi connectivity index (χ0v) is 10.8. The van der Waals surface area contributed by atoms with Gasteiger partial charge in [-0.3, -0.25) is 4.79 Å². The lowest BCUT2D eigenvalue weighted by Gasteiger charge is -2.22. The molecule has 0 aromatic heterocycles. The molecule has 2 rings (SSSR count). The Hall–Kier alpha value is -1.27. The van der Waals surface area contributed by atoms with Crippen LogP contribution in [0.2, 0.25) is 0 Å². The molecule has 17 heavy (non-hydrogen) atoms. The van der Waals surface area contributed by atoms with E-state index in [-0.39, 0.29) is 23.2 Å². The number of carbonyl (C=O) groups is 1. The molecule has 1 aliphatic heterocycles. The van der Waals surface area contributed by atoms with Crippen LogP contribution in [0.15, 0.2) is 11.0 Å². The molecule has 1 amide bonds. The zero-order valence-electron chi connectivity index (χ0n) is 9.20. The third kappa shape index (κ3) is 2.10. The van der Waals surface area contributed by atoms with Gasteiger partial charge >= 0.3 is 0 Å². The minimum absolute atomic E-state index is 0.0748. The SMILES string of the molecule is Cc1cc2c(c(S(=O)(=O)Cl)c1C)OCC(=O)N2. The van der Waals surface area contributed by atoms with Gasteiger partial charge in [0.15, 0.2) is 12.4 Å². The Kier molecular flexibility index (Phi) is 2.79. The third-order valence-electron chi connectivity index (χ3n) is 2.61. The number of carbonyl (C=O) groups excluding carboxylic acids is 1. The lowest BCUT2D eigenvalue weighted by molar-refractivity contribution is -0.118. The van der Waals surface area contributed by atoms with Crippen molar-refractivity contribution in [1.82, 2.24) is 0 Å². The van der Waals surface area contributed by atoms with E-state index in [1.54, 1.807) is 19.9 Å².